The molecule has 80 valence electrons. The summed E-state index contributed by atoms with van der Waals surface area (Å²) in [5.41, 5.74) is 0.382. The van der Waals surface area contributed by atoms with Crippen molar-refractivity contribution in [3.8, 4) is 6.07 Å². The molecule has 0 amide bonds. The van der Waals surface area contributed by atoms with Crippen LogP contribution < -0.4 is 4.90 Å². The third-order valence-corrected chi connectivity index (χ3v) is 3.00. The van der Waals surface area contributed by atoms with Gasteiger partial charge in [-0.3, -0.25) is 0 Å². The molecular weight excluding hydrogens is 208 g/mol. The van der Waals surface area contributed by atoms with E-state index >= 15 is 0 Å². The van der Waals surface area contributed by atoms with Crippen LogP contribution in [0.3, 0.4) is 0 Å². The lowest BCUT2D eigenvalue weighted by atomic mass is 10.3. The van der Waals surface area contributed by atoms with Gasteiger partial charge in [0.2, 0.25) is 0 Å². The molecule has 0 saturated carbocycles. The van der Waals surface area contributed by atoms with Gasteiger partial charge in [0.05, 0.1) is 0 Å². The minimum atomic E-state index is 0.337. The predicted octanol–water partition coefficient (Wildman–Crippen LogP) is 1.54. The summed E-state index contributed by atoms with van der Waals surface area (Å²) in [6.45, 7) is 2.10. The van der Waals surface area contributed by atoms with Crippen LogP contribution in [0.4, 0.5) is 5.82 Å². The van der Waals surface area contributed by atoms with Gasteiger partial charge < -0.3 is 4.90 Å². The van der Waals surface area contributed by atoms with Gasteiger partial charge in [0.15, 0.2) is 11.5 Å². The molecule has 1 unspecified atom stereocenters. The van der Waals surface area contributed by atoms with Gasteiger partial charge in [-0.2, -0.15) is 17.0 Å². The Labute approximate surface area is 94.3 Å². The van der Waals surface area contributed by atoms with Gasteiger partial charge in [-0.15, -0.1) is 0 Å². The SMILES string of the molecule is CSCC(C)N(C)c1nccnc1C#N. The van der Waals surface area contributed by atoms with E-state index in [0.29, 0.717) is 17.6 Å². The number of nitrogens with zero attached hydrogens (tertiary/aromatic N) is 4. The summed E-state index contributed by atoms with van der Waals surface area (Å²) >= 11 is 1.77. The highest BCUT2D eigenvalue weighted by Crippen LogP contribution is 2.16. The van der Waals surface area contributed by atoms with Gasteiger partial charge in [-0.25, -0.2) is 9.97 Å². The van der Waals surface area contributed by atoms with Gasteiger partial charge in [-0.1, -0.05) is 0 Å². The van der Waals surface area contributed by atoms with E-state index in [0.717, 1.165) is 5.75 Å². The zero-order valence-electron chi connectivity index (χ0n) is 9.14. The molecule has 0 bridgehead atoms. The molecule has 0 aliphatic carbocycles. The van der Waals surface area contributed by atoms with Crippen molar-refractivity contribution in [1.82, 2.24) is 9.97 Å². The minimum absolute atomic E-state index is 0.337. The second kappa shape index (κ2) is 5.56. The highest BCUT2D eigenvalue weighted by atomic mass is 32.2. The smallest absolute Gasteiger partial charge is 0.183 e. The Morgan fingerprint density at radius 2 is 2.20 bits per heavy atom. The van der Waals surface area contributed by atoms with Gasteiger partial charge in [0, 0.05) is 31.2 Å². The highest BCUT2D eigenvalue weighted by Gasteiger charge is 2.14. The molecule has 1 aromatic heterocycles. The molecule has 1 aromatic rings. The van der Waals surface area contributed by atoms with Crippen molar-refractivity contribution in [3.63, 3.8) is 0 Å². The second-order valence-corrected chi connectivity index (χ2v) is 4.17. The predicted molar refractivity (Wildman–Crippen MR) is 63.0 cm³/mol. The lowest BCUT2D eigenvalue weighted by molar-refractivity contribution is 0.749. The van der Waals surface area contributed by atoms with Crippen LogP contribution in [0.25, 0.3) is 0 Å². The number of nitriles is 1. The van der Waals surface area contributed by atoms with Crippen molar-refractivity contribution in [2.24, 2.45) is 0 Å². The van der Waals surface area contributed by atoms with Crippen LogP contribution in [-0.2, 0) is 0 Å². The van der Waals surface area contributed by atoms with E-state index in [4.69, 9.17) is 5.26 Å². The Morgan fingerprint density at radius 3 is 2.80 bits per heavy atom. The Kier molecular flexibility index (Phi) is 4.37. The molecule has 0 radical (unpaired) electrons. The van der Waals surface area contributed by atoms with Gasteiger partial charge in [0.25, 0.3) is 0 Å². The van der Waals surface area contributed by atoms with Crippen molar-refractivity contribution >= 4 is 17.6 Å². The monoisotopic (exact) mass is 222 g/mol. The van der Waals surface area contributed by atoms with Crippen LogP contribution in [-0.4, -0.2) is 35.1 Å². The molecule has 4 nitrogen and oxygen atoms in total. The zero-order valence-corrected chi connectivity index (χ0v) is 9.95. The normalized spacial score (nSPS) is 11.9. The average Bonchev–Trinajstić information content (AvgIpc) is 2.28. The molecule has 0 aromatic carbocycles. The summed E-state index contributed by atoms with van der Waals surface area (Å²) < 4.78 is 0. The van der Waals surface area contributed by atoms with Gasteiger partial charge >= 0.3 is 0 Å². The number of hydrogen-bond acceptors (Lipinski definition) is 5. The largest absolute Gasteiger partial charge is 0.354 e. The van der Waals surface area contributed by atoms with Crippen LogP contribution in [0.2, 0.25) is 0 Å². The summed E-state index contributed by atoms with van der Waals surface area (Å²) in [6.07, 6.45) is 5.21. The quantitative estimate of drug-likeness (QED) is 0.773. The average molecular weight is 222 g/mol. The number of aromatic nitrogens is 2. The summed E-state index contributed by atoms with van der Waals surface area (Å²) in [4.78, 5) is 10.2. The van der Waals surface area contributed by atoms with E-state index in [1.807, 2.05) is 11.9 Å². The van der Waals surface area contributed by atoms with Crippen molar-refractivity contribution < 1.29 is 0 Å². The van der Waals surface area contributed by atoms with E-state index in [2.05, 4.69) is 29.2 Å². The standard InChI is InChI=1S/C10H14N4S/c1-8(7-15-3)14(2)10-9(6-11)12-4-5-13-10/h4-5,8H,7H2,1-3H3. The van der Waals surface area contributed by atoms with Crippen LogP contribution in [0, 0.1) is 11.3 Å². The maximum atomic E-state index is 8.89. The number of thioether (sulfide) groups is 1. The first-order chi connectivity index (χ1) is 7.20. The Balaban J connectivity index is 2.91. The van der Waals surface area contributed by atoms with Crippen molar-refractivity contribution in [3.05, 3.63) is 18.1 Å². The van der Waals surface area contributed by atoms with Gasteiger partial charge in [0.1, 0.15) is 6.07 Å². The molecule has 1 rings (SSSR count). The summed E-state index contributed by atoms with van der Waals surface area (Å²) in [7, 11) is 1.94. The molecule has 0 aliphatic heterocycles. The molecule has 0 spiro atoms. The molecule has 0 saturated heterocycles. The van der Waals surface area contributed by atoms with Crippen molar-refractivity contribution in [1.29, 1.82) is 5.26 Å². The second-order valence-electron chi connectivity index (χ2n) is 3.26. The third-order valence-electron chi connectivity index (χ3n) is 2.19. The van der Waals surface area contributed by atoms with Crippen molar-refractivity contribution in [2.45, 2.75) is 13.0 Å². The highest BCUT2D eigenvalue weighted by molar-refractivity contribution is 7.98. The first kappa shape index (κ1) is 11.8. The summed E-state index contributed by atoms with van der Waals surface area (Å²) in [6, 6.07) is 2.39. The van der Waals surface area contributed by atoms with Crippen LogP contribution in [0.1, 0.15) is 12.6 Å². The number of hydrogen-bond donors (Lipinski definition) is 0. The lowest BCUT2D eigenvalue weighted by Crippen LogP contribution is -2.32. The molecule has 5 heteroatoms. The fourth-order valence-electron chi connectivity index (χ4n) is 1.23. The summed E-state index contributed by atoms with van der Waals surface area (Å²) in [5, 5.41) is 8.89. The van der Waals surface area contributed by atoms with Crippen LogP contribution in [0.15, 0.2) is 12.4 Å². The first-order valence-corrected chi connectivity index (χ1v) is 6.03. The van der Waals surface area contributed by atoms with E-state index in [-0.39, 0.29) is 0 Å². The fraction of sp³-hybridized carbons (Fsp3) is 0.500. The lowest BCUT2D eigenvalue weighted by Gasteiger charge is -2.25. The summed E-state index contributed by atoms with van der Waals surface area (Å²) in [5.74, 6) is 1.65. The fourth-order valence-corrected chi connectivity index (χ4v) is 1.94. The first-order valence-electron chi connectivity index (χ1n) is 4.63. The Bertz CT molecular complexity index is 361. The minimum Gasteiger partial charge on any atom is -0.354 e. The maximum Gasteiger partial charge on any atom is 0.183 e. The van der Waals surface area contributed by atoms with Crippen LogP contribution >= 0.6 is 11.8 Å². The molecule has 0 fully saturated rings. The molecule has 1 atom stereocenters. The van der Waals surface area contributed by atoms with Crippen LogP contribution in [0.5, 0.6) is 0 Å². The molecule has 0 N–H and O–H groups in total. The van der Waals surface area contributed by atoms with Gasteiger partial charge in [-0.05, 0) is 13.2 Å². The topological polar surface area (TPSA) is 52.8 Å². The zero-order chi connectivity index (χ0) is 11.3. The number of anilines is 1. The van der Waals surface area contributed by atoms with E-state index in [1.165, 1.54) is 6.20 Å². The third kappa shape index (κ3) is 2.83. The number of rotatable bonds is 4. The maximum absolute atomic E-state index is 8.89. The van der Waals surface area contributed by atoms with Crippen molar-refractivity contribution in [2.75, 3.05) is 24.0 Å². The molecule has 15 heavy (non-hydrogen) atoms. The Hall–Kier alpha value is -1.28. The van der Waals surface area contributed by atoms with E-state index < -0.39 is 0 Å². The molecule has 1 heterocycles. The van der Waals surface area contributed by atoms with E-state index in [1.54, 1.807) is 18.0 Å². The Morgan fingerprint density at radius 1 is 1.53 bits per heavy atom. The van der Waals surface area contributed by atoms with E-state index in [9.17, 15) is 0 Å². The molecule has 0 aliphatic rings. The molecular formula is C10H14N4S.